The summed E-state index contributed by atoms with van der Waals surface area (Å²) in [5.74, 6) is 1.61. The number of aliphatic hydroxyl groups is 2. The number of carbonyl (C=O) groups excluding carboxylic acids is 1. The zero-order valence-corrected chi connectivity index (χ0v) is 36.7. The fourth-order valence-corrected chi connectivity index (χ4v) is 7.82. The fraction of sp³-hybridized carbons (Fsp3) is 0.957. The van der Waals surface area contributed by atoms with Crippen molar-refractivity contribution in [2.24, 2.45) is 11.8 Å². The third-order valence-electron chi connectivity index (χ3n) is 11.3. The van der Waals surface area contributed by atoms with Crippen LogP contribution in [0.4, 0.5) is 0 Å². The number of esters is 1. The second-order valence-electron chi connectivity index (χ2n) is 16.4. The number of unbranched alkanes of at least 4 members (excludes halogenated alkanes) is 18. The predicted molar refractivity (Wildman–Crippen MR) is 231 cm³/mol. The maximum absolute atomic E-state index is 12.4. The molecular weight excluding hydrogens is 675 g/mol. The van der Waals surface area contributed by atoms with Crippen molar-refractivity contribution in [3.8, 4) is 0 Å². The van der Waals surface area contributed by atoms with E-state index in [2.05, 4.69) is 32.6 Å². The van der Waals surface area contributed by atoms with Gasteiger partial charge in [0.05, 0.1) is 12.7 Å². The van der Waals surface area contributed by atoms with E-state index < -0.39 is 0 Å². The van der Waals surface area contributed by atoms with Crippen LogP contribution in [0.2, 0.25) is 0 Å². The first-order valence-corrected chi connectivity index (χ1v) is 23.7. The summed E-state index contributed by atoms with van der Waals surface area (Å²) in [5, 5.41) is 27.1. The Kier molecular flexibility index (Phi) is 47.0. The first-order chi connectivity index (χ1) is 26.4. The van der Waals surface area contributed by atoms with Crippen molar-refractivity contribution in [3.63, 3.8) is 0 Å². The quantitative estimate of drug-likeness (QED) is 0.0322. The van der Waals surface area contributed by atoms with Crippen molar-refractivity contribution < 1.29 is 29.6 Å². The molecule has 0 saturated carbocycles. The van der Waals surface area contributed by atoms with E-state index in [1.807, 2.05) is 0 Å². The SMILES string of the molecule is CCCCCCCC(CCCCC)CCCCCCC(O)CN(CCCO)CCCCCCC(=O)OCCC(CCCCC)CCCCCCC.O=CO. The minimum atomic E-state index is -0.282. The van der Waals surface area contributed by atoms with E-state index in [9.17, 15) is 15.0 Å². The molecule has 0 saturated heterocycles. The van der Waals surface area contributed by atoms with Crippen LogP contribution in [-0.4, -0.2) is 71.6 Å². The molecule has 0 aromatic heterocycles. The van der Waals surface area contributed by atoms with Gasteiger partial charge in [-0.2, -0.15) is 0 Å². The molecule has 0 spiro atoms. The van der Waals surface area contributed by atoms with Gasteiger partial charge in [0, 0.05) is 26.1 Å². The van der Waals surface area contributed by atoms with Crippen molar-refractivity contribution in [3.05, 3.63) is 0 Å². The second-order valence-corrected chi connectivity index (χ2v) is 16.4. The molecule has 7 heteroatoms. The Labute approximate surface area is 336 Å². The number of carbonyl (C=O) groups is 2. The third-order valence-corrected chi connectivity index (χ3v) is 11.3. The number of carboxylic acid groups (broad SMARTS) is 1. The number of ether oxygens (including phenoxy) is 1. The van der Waals surface area contributed by atoms with Crippen LogP contribution < -0.4 is 0 Å². The molecule has 0 heterocycles. The monoisotopic (exact) mass is 770 g/mol. The Morgan fingerprint density at radius 1 is 0.537 bits per heavy atom. The van der Waals surface area contributed by atoms with Gasteiger partial charge in [-0.25, -0.2) is 0 Å². The summed E-state index contributed by atoms with van der Waals surface area (Å²) < 4.78 is 5.66. The van der Waals surface area contributed by atoms with Crippen molar-refractivity contribution in [1.29, 1.82) is 0 Å². The van der Waals surface area contributed by atoms with Crippen LogP contribution in [0, 0.1) is 11.8 Å². The molecule has 0 rings (SSSR count). The number of rotatable bonds is 42. The highest BCUT2D eigenvalue weighted by atomic mass is 16.5. The Hall–Kier alpha value is -1.18. The molecule has 7 nitrogen and oxygen atoms in total. The molecule has 54 heavy (non-hydrogen) atoms. The molecule has 0 aromatic rings. The molecule has 0 aliphatic carbocycles. The molecule has 3 N–H and O–H groups in total. The topological polar surface area (TPSA) is 107 Å². The van der Waals surface area contributed by atoms with Crippen LogP contribution in [0.25, 0.3) is 0 Å². The van der Waals surface area contributed by atoms with Gasteiger partial charge >= 0.3 is 5.97 Å². The number of aliphatic hydroxyl groups excluding tert-OH is 2. The first-order valence-electron chi connectivity index (χ1n) is 23.7. The minimum absolute atomic E-state index is 0.0254. The highest BCUT2D eigenvalue weighted by Crippen LogP contribution is 2.25. The van der Waals surface area contributed by atoms with Crippen molar-refractivity contribution >= 4 is 12.4 Å². The lowest BCUT2D eigenvalue weighted by molar-refractivity contribution is -0.144. The molecule has 324 valence electrons. The van der Waals surface area contributed by atoms with Gasteiger partial charge in [-0.05, 0) is 50.5 Å². The molecule has 0 aromatic carbocycles. The van der Waals surface area contributed by atoms with Gasteiger partial charge in [0.2, 0.25) is 0 Å². The van der Waals surface area contributed by atoms with Gasteiger partial charge in [-0.1, -0.05) is 201 Å². The molecular formula is C47H95NO6. The molecule has 0 amide bonds. The van der Waals surface area contributed by atoms with Gasteiger partial charge in [0.25, 0.3) is 6.47 Å². The maximum atomic E-state index is 12.4. The van der Waals surface area contributed by atoms with E-state index in [4.69, 9.17) is 14.6 Å². The lowest BCUT2D eigenvalue weighted by atomic mass is 9.89. The lowest BCUT2D eigenvalue weighted by Crippen LogP contribution is -2.34. The highest BCUT2D eigenvalue weighted by molar-refractivity contribution is 5.69. The highest BCUT2D eigenvalue weighted by Gasteiger charge is 2.14. The van der Waals surface area contributed by atoms with Gasteiger partial charge in [0.15, 0.2) is 0 Å². The fourth-order valence-electron chi connectivity index (χ4n) is 7.82. The molecule has 0 bridgehead atoms. The Balaban J connectivity index is 0. The zero-order valence-electron chi connectivity index (χ0n) is 36.7. The molecule has 0 radical (unpaired) electrons. The van der Waals surface area contributed by atoms with E-state index in [1.165, 1.54) is 154 Å². The van der Waals surface area contributed by atoms with Crippen LogP contribution in [0.15, 0.2) is 0 Å². The lowest BCUT2D eigenvalue weighted by Gasteiger charge is -2.25. The zero-order chi connectivity index (χ0) is 40.2. The Morgan fingerprint density at radius 3 is 1.39 bits per heavy atom. The summed E-state index contributed by atoms with van der Waals surface area (Å²) in [7, 11) is 0. The van der Waals surface area contributed by atoms with Gasteiger partial charge < -0.3 is 25.0 Å². The summed E-state index contributed by atoms with van der Waals surface area (Å²) >= 11 is 0. The summed E-state index contributed by atoms with van der Waals surface area (Å²) in [6, 6.07) is 0. The standard InChI is InChI=1S/C46H93NO4.CH2O2/c1-5-9-13-15-23-32-43(30-21-11-7-3)33-25-17-18-26-35-45(49)42-47(39-29-40-48)38-28-20-19-27-36-46(50)51-41-37-44(31-22-12-8-4)34-24-16-14-10-6-2;2-1-3/h43-45,48-49H,5-42H2,1-4H3;1H,(H,2,3). The third kappa shape index (κ3) is 42.0. The largest absolute Gasteiger partial charge is 0.483 e. The molecule has 0 fully saturated rings. The summed E-state index contributed by atoms with van der Waals surface area (Å²) in [4.78, 5) is 23.1. The second kappa shape index (κ2) is 46.2. The van der Waals surface area contributed by atoms with E-state index in [-0.39, 0.29) is 25.2 Å². The summed E-state index contributed by atoms with van der Waals surface area (Å²) in [5.41, 5.74) is 0. The van der Waals surface area contributed by atoms with Gasteiger partial charge in [-0.15, -0.1) is 0 Å². The predicted octanol–water partition coefficient (Wildman–Crippen LogP) is 13.1. The Bertz CT molecular complexity index is 737. The van der Waals surface area contributed by atoms with Crippen molar-refractivity contribution in [1.82, 2.24) is 4.90 Å². The van der Waals surface area contributed by atoms with Crippen LogP contribution >= 0.6 is 0 Å². The summed E-state index contributed by atoms with van der Waals surface area (Å²) in [6.45, 7) is 12.2. The molecule has 0 aliphatic rings. The number of hydrogen-bond donors (Lipinski definition) is 3. The van der Waals surface area contributed by atoms with Crippen LogP contribution in [-0.2, 0) is 14.3 Å². The molecule has 0 aliphatic heterocycles. The van der Waals surface area contributed by atoms with E-state index in [0.29, 0.717) is 25.5 Å². The van der Waals surface area contributed by atoms with Crippen LogP contribution in [0.5, 0.6) is 0 Å². The molecule has 3 unspecified atom stereocenters. The minimum Gasteiger partial charge on any atom is -0.483 e. The molecule has 3 atom stereocenters. The van der Waals surface area contributed by atoms with Crippen molar-refractivity contribution in [2.75, 3.05) is 32.8 Å². The Morgan fingerprint density at radius 2 is 0.907 bits per heavy atom. The van der Waals surface area contributed by atoms with Crippen molar-refractivity contribution in [2.45, 2.75) is 246 Å². The first kappa shape index (κ1) is 54.9. The van der Waals surface area contributed by atoms with Gasteiger partial charge in [0.1, 0.15) is 0 Å². The smallest absolute Gasteiger partial charge is 0.305 e. The maximum Gasteiger partial charge on any atom is 0.305 e. The summed E-state index contributed by atoms with van der Waals surface area (Å²) in [6.07, 6.45) is 40.5. The van der Waals surface area contributed by atoms with E-state index in [1.54, 1.807) is 0 Å². The average Bonchev–Trinajstić information content (AvgIpc) is 3.16. The number of nitrogens with zero attached hydrogens (tertiary/aromatic N) is 1. The van der Waals surface area contributed by atoms with E-state index in [0.717, 1.165) is 70.4 Å². The normalized spacial score (nSPS) is 13.0. The van der Waals surface area contributed by atoms with Crippen LogP contribution in [0.1, 0.15) is 240 Å². The van der Waals surface area contributed by atoms with Crippen LogP contribution in [0.3, 0.4) is 0 Å². The average molecular weight is 770 g/mol. The van der Waals surface area contributed by atoms with Gasteiger partial charge in [-0.3, -0.25) is 9.59 Å². The van der Waals surface area contributed by atoms with E-state index >= 15 is 0 Å². The number of hydrogen-bond acceptors (Lipinski definition) is 6.